The van der Waals surface area contributed by atoms with Crippen molar-refractivity contribution < 1.29 is 13.9 Å². The minimum absolute atomic E-state index is 0.150. The number of aromatic nitrogens is 2. The zero-order valence-electron chi connectivity index (χ0n) is 13.1. The molecule has 7 nitrogen and oxygen atoms in total. The molecule has 1 aromatic carbocycles. The molecule has 3 heterocycles. The lowest BCUT2D eigenvalue weighted by molar-refractivity contribution is -0.0274. The molecule has 8 heteroatoms. The Kier molecular flexibility index (Phi) is 3.91. The summed E-state index contributed by atoms with van der Waals surface area (Å²) in [6.07, 6.45) is -0.384. The number of anilines is 1. The number of benzene rings is 1. The topological polar surface area (TPSA) is 80.5 Å². The van der Waals surface area contributed by atoms with Gasteiger partial charge in [-0.3, -0.25) is 0 Å². The summed E-state index contributed by atoms with van der Waals surface area (Å²) in [6, 6.07) is 7.85. The van der Waals surface area contributed by atoms with Gasteiger partial charge in [0.2, 0.25) is 11.8 Å². The molecule has 1 fully saturated rings. The largest absolute Gasteiger partial charge is 0.423 e. The van der Waals surface area contributed by atoms with Gasteiger partial charge in [0.25, 0.3) is 0 Å². The van der Waals surface area contributed by atoms with Crippen LogP contribution in [0.5, 0.6) is 0 Å². The van der Waals surface area contributed by atoms with Gasteiger partial charge in [-0.2, -0.15) is 0 Å². The molecule has 0 saturated carbocycles. The number of hydrogen-bond acceptors (Lipinski definition) is 6. The van der Waals surface area contributed by atoms with E-state index in [-0.39, 0.29) is 12.1 Å². The normalized spacial score (nSPS) is 18.0. The number of carbonyl (C=O) groups excluding carboxylic acids is 1. The van der Waals surface area contributed by atoms with Gasteiger partial charge in [0.15, 0.2) is 6.10 Å². The van der Waals surface area contributed by atoms with Gasteiger partial charge in [0.05, 0.1) is 18.8 Å². The van der Waals surface area contributed by atoms with Gasteiger partial charge >= 0.3 is 6.03 Å². The Bertz CT molecular complexity index is 875. The summed E-state index contributed by atoms with van der Waals surface area (Å²) < 4.78 is 12.2. The van der Waals surface area contributed by atoms with Crippen LogP contribution in [0.25, 0.3) is 10.1 Å². The first-order chi connectivity index (χ1) is 11.7. The molecular formula is C16H16N4O3S. The maximum absolute atomic E-state index is 12.6. The van der Waals surface area contributed by atoms with Crippen molar-refractivity contribution in [1.82, 2.24) is 15.1 Å². The van der Waals surface area contributed by atoms with E-state index in [9.17, 15) is 4.79 Å². The molecule has 4 rings (SSSR count). The smallest absolute Gasteiger partial charge is 0.322 e. The van der Waals surface area contributed by atoms with Crippen LogP contribution in [0.1, 0.15) is 17.9 Å². The zero-order chi connectivity index (χ0) is 16.5. The van der Waals surface area contributed by atoms with Crippen LogP contribution in [0, 0.1) is 6.92 Å². The molecule has 0 unspecified atom stereocenters. The third kappa shape index (κ3) is 2.85. The van der Waals surface area contributed by atoms with E-state index in [1.165, 1.54) is 0 Å². The highest BCUT2D eigenvalue weighted by molar-refractivity contribution is 7.17. The summed E-state index contributed by atoms with van der Waals surface area (Å²) in [6.45, 7) is 3.07. The molecule has 124 valence electrons. The summed E-state index contributed by atoms with van der Waals surface area (Å²) in [5.41, 5.74) is 0.831. The fourth-order valence-corrected chi connectivity index (χ4v) is 3.59. The minimum Gasteiger partial charge on any atom is -0.423 e. The van der Waals surface area contributed by atoms with Crippen molar-refractivity contribution in [3.63, 3.8) is 0 Å². The maximum atomic E-state index is 12.6. The molecule has 1 atom stereocenters. The number of urea groups is 1. The number of fused-ring (bicyclic) bond motifs is 1. The molecule has 2 amide bonds. The molecule has 1 N–H and O–H groups in total. The highest BCUT2D eigenvalue weighted by Gasteiger charge is 2.29. The van der Waals surface area contributed by atoms with E-state index < -0.39 is 0 Å². The Morgan fingerprint density at radius 3 is 3.08 bits per heavy atom. The Labute approximate surface area is 142 Å². The quantitative estimate of drug-likeness (QED) is 0.772. The van der Waals surface area contributed by atoms with Gasteiger partial charge in [0.1, 0.15) is 0 Å². The van der Waals surface area contributed by atoms with Crippen molar-refractivity contribution >= 4 is 33.1 Å². The summed E-state index contributed by atoms with van der Waals surface area (Å²) in [4.78, 5) is 14.3. The molecule has 0 radical (unpaired) electrons. The molecule has 24 heavy (non-hydrogen) atoms. The van der Waals surface area contributed by atoms with Gasteiger partial charge in [0, 0.05) is 28.9 Å². The van der Waals surface area contributed by atoms with Gasteiger partial charge in [-0.05, 0) is 6.07 Å². The first-order valence-corrected chi connectivity index (χ1v) is 8.52. The second-order valence-electron chi connectivity index (χ2n) is 5.54. The molecule has 0 bridgehead atoms. The van der Waals surface area contributed by atoms with E-state index in [0.717, 1.165) is 15.8 Å². The average Bonchev–Trinajstić information content (AvgIpc) is 3.22. The van der Waals surface area contributed by atoms with Crippen LogP contribution in [0.4, 0.5) is 10.5 Å². The Morgan fingerprint density at radius 2 is 2.25 bits per heavy atom. The molecular weight excluding hydrogens is 328 g/mol. The van der Waals surface area contributed by atoms with Gasteiger partial charge in [-0.25, -0.2) is 4.79 Å². The van der Waals surface area contributed by atoms with Gasteiger partial charge in [-0.1, -0.05) is 18.2 Å². The fourth-order valence-electron chi connectivity index (χ4n) is 2.69. The number of morpholine rings is 1. The molecule has 1 aliphatic rings. The Balaban J connectivity index is 1.48. The van der Waals surface area contributed by atoms with Crippen molar-refractivity contribution in [3.05, 3.63) is 41.4 Å². The van der Waals surface area contributed by atoms with Crippen molar-refractivity contribution in [3.8, 4) is 0 Å². The fraction of sp³-hybridized carbons (Fsp3) is 0.312. The van der Waals surface area contributed by atoms with E-state index in [1.54, 1.807) is 23.2 Å². The molecule has 0 spiro atoms. The van der Waals surface area contributed by atoms with Crippen LogP contribution >= 0.6 is 11.3 Å². The zero-order valence-corrected chi connectivity index (χ0v) is 13.9. The third-order valence-corrected chi connectivity index (χ3v) is 4.86. The highest BCUT2D eigenvalue weighted by Crippen LogP contribution is 2.30. The number of nitrogens with zero attached hydrogens (tertiary/aromatic N) is 3. The maximum Gasteiger partial charge on any atom is 0.322 e. The van der Waals surface area contributed by atoms with Crippen LogP contribution in [0.15, 0.2) is 34.1 Å². The van der Waals surface area contributed by atoms with E-state index in [1.807, 2.05) is 29.6 Å². The molecule has 0 aliphatic carbocycles. The number of thiophene rings is 1. The predicted octanol–water partition coefficient (Wildman–Crippen LogP) is 3.20. The number of nitrogens with one attached hydrogen (secondary N) is 1. The van der Waals surface area contributed by atoms with Crippen molar-refractivity contribution in [2.75, 3.05) is 25.0 Å². The van der Waals surface area contributed by atoms with Crippen LogP contribution in [-0.2, 0) is 4.74 Å². The number of hydrogen-bond donors (Lipinski definition) is 1. The van der Waals surface area contributed by atoms with E-state index in [0.29, 0.717) is 31.5 Å². The van der Waals surface area contributed by atoms with Gasteiger partial charge < -0.3 is 19.4 Å². The average molecular weight is 344 g/mol. The second-order valence-corrected chi connectivity index (χ2v) is 6.45. The molecule has 2 aromatic heterocycles. The minimum atomic E-state index is -0.384. The summed E-state index contributed by atoms with van der Waals surface area (Å²) in [5, 5.41) is 13.8. The Hall–Kier alpha value is -2.45. The van der Waals surface area contributed by atoms with Crippen LogP contribution in [0.2, 0.25) is 0 Å². The van der Waals surface area contributed by atoms with Crippen LogP contribution in [0.3, 0.4) is 0 Å². The standard InChI is InChI=1S/C16H16N4O3S/c1-10-18-19-15(23-10)13-8-20(6-7-22-13)16(21)17-12-9-24-14-5-3-2-4-11(12)14/h2-5,9,13H,6-8H2,1H3,(H,17,21)/t13-/m0/s1. The molecule has 1 saturated heterocycles. The molecule has 1 aliphatic heterocycles. The van der Waals surface area contributed by atoms with E-state index >= 15 is 0 Å². The number of ether oxygens (including phenoxy) is 1. The van der Waals surface area contributed by atoms with E-state index in [4.69, 9.17) is 9.15 Å². The number of aryl methyl sites for hydroxylation is 1. The second kappa shape index (κ2) is 6.21. The first kappa shape index (κ1) is 15.1. The SMILES string of the molecule is Cc1nnc([C@@H]2CN(C(=O)Nc3csc4ccccc34)CCO2)o1. The van der Waals surface area contributed by atoms with Gasteiger partial charge in [-0.15, -0.1) is 21.5 Å². The lowest BCUT2D eigenvalue weighted by atomic mass is 10.2. The monoisotopic (exact) mass is 344 g/mol. The highest BCUT2D eigenvalue weighted by atomic mass is 32.1. The van der Waals surface area contributed by atoms with Crippen molar-refractivity contribution in [2.24, 2.45) is 0 Å². The van der Waals surface area contributed by atoms with Crippen LogP contribution in [-0.4, -0.2) is 40.8 Å². The predicted molar refractivity (Wildman–Crippen MR) is 90.1 cm³/mol. The van der Waals surface area contributed by atoms with Crippen molar-refractivity contribution in [1.29, 1.82) is 0 Å². The van der Waals surface area contributed by atoms with Crippen molar-refractivity contribution in [2.45, 2.75) is 13.0 Å². The first-order valence-electron chi connectivity index (χ1n) is 7.64. The summed E-state index contributed by atoms with van der Waals surface area (Å²) in [7, 11) is 0. The molecule has 3 aromatic rings. The van der Waals surface area contributed by atoms with Crippen LogP contribution < -0.4 is 5.32 Å². The third-order valence-electron chi connectivity index (χ3n) is 3.89. The van der Waals surface area contributed by atoms with E-state index in [2.05, 4.69) is 15.5 Å². The summed E-state index contributed by atoms with van der Waals surface area (Å²) in [5.74, 6) is 0.894. The Morgan fingerprint density at radius 1 is 1.38 bits per heavy atom. The summed E-state index contributed by atoms with van der Waals surface area (Å²) >= 11 is 1.61. The lowest BCUT2D eigenvalue weighted by Gasteiger charge is -2.31. The number of rotatable bonds is 2. The number of carbonyl (C=O) groups is 1. The number of amides is 2. The lowest BCUT2D eigenvalue weighted by Crippen LogP contribution is -2.44.